The first-order valence-corrected chi connectivity index (χ1v) is 7.17. The minimum atomic E-state index is -0.491. The Hall–Kier alpha value is -1.08. The first kappa shape index (κ1) is 15.0. The molecular weight excluding hydrogens is 276 g/mol. The molecule has 8 heteroatoms. The number of anilines is 1. The van der Waals surface area contributed by atoms with Gasteiger partial charge in [0, 0.05) is 6.04 Å². The summed E-state index contributed by atoms with van der Waals surface area (Å²) < 4.78 is 0. The highest BCUT2D eigenvalue weighted by Crippen LogP contribution is 2.27. The predicted octanol–water partition coefficient (Wildman–Crippen LogP) is 2.90. The number of hydrogen-bond donors (Lipinski definition) is 1. The summed E-state index contributed by atoms with van der Waals surface area (Å²) in [5, 5.41) is 14.0. The highest BCUT2D eigenvalue weighted by Gasteiger charge is 2.22. The Labute approximate surface area is 115 Å². The molecule has 1 rings (SSSR count). The molecule has 0 saturated carbocycles. The molecule has 0 bridgehead atoms. The SMILES string of the molecule is CSCCC(C)Nc1nc(Cl)nc(C)c1[N+](=O)[O-]. The van der Waals surface area contributed by atoms with Crippen LogP contribution in [0, 0.1) is 17.0 Å². The van der Waals surface area contributed by atoms with Crippen LogP contribution in [0.4, 0.5) is 11.5 Å². The molecule has 0 aliphatic carbocycles. The number of hydrogen-bond acceptors (Lipinski definition) is 6. The predicted molar refractivity (Wildman–Crippen MR) is 74.5 cm³/mol. The molecule has 0 fully saturated rings. The van der Waals surface area contributed by atoms with Crippen molar-refractivity contribution >= 4 is 34.9 Å². The van der Waals surface area contributed by atoms with Crippen molar-refractivity contribution < 1.29 is 4.92 Å². The van der Waals surface area contributed by atoms with Crippen molar-refractivity contribution in [3.05, 3.63) is 21.1 Å². The zero-order chi connectivity index (χ0) is 13.7. The smallest absolute Gasteiger partial charge is 0.332 e. The summed E-state index contributed by atoms with van der Waals surface area (Å²) in [6, 6.07) is 0.0847. The minimum Gasteiger partial charge on any atom is -0.362 e. The zero-order valence-electron chi connectivity index (χ0n) is 10.4. The fourth-order valence-corrected chi connectivity index (χ4v) is 2.25. The van der Waals surface area contributed by atoms with Crippen LogP contribution in [0.5, 0.6) is 0 Å². The third kappa shape index (κ3) is 3.99. The second-order valence-corrected chi connectivity index (χ2v) is 5.18. The number of nitrogens with zero attached hydrogens (tertiary/aromatic N) is 3. The lowest BCUT2D eigenvalue weighted by molar-refractivity contribution is -0.385. The molecule has 0 radical (unpaired) electrons. The molecule has 1 heterocycles. The Morgan fingerprint density at radius 1 is 1.56 bits per heavy atom. The number of nitro groups is 1. The maximum absolute atomic E-state index is 11.0. The van der Waals surface area contributed by atoms with Crippen LogP contribution >= 0.6 is 23.4 Å². The second kappa shape index (κ2) is 6.75. The number of thioether (sulfide) groups is 1. The van der Waals surface area contributed by atoms with Gasteiger partial charge in [-0.1, -0.05) is 0 Å². The first-order chi connectivity index (χ1) is 8.45. The third-order valence-electron chi connectivity index (χ3n) is 2.35. The molecule has 100 valence electrons. The van der Waals surface area contributed by atoms with Gasteiger partial charge in [-0.25, -0.2) is 4.98 Å². The van der Waals surface area contributed by atoms with E-state index in [4.69, 9.17) is 11.6 Å². The van der Waals surface area contributed by atoms with Crippen LogP contribution in [0.1, 0.15) is 19.0 Å². The minimum absolute atomic E-state index is 0.0117. The molecule has 1 atom stereocenters. The lowest BCUT2D eigenvalue weighted by Crippen LogP contribution is -2.18. The van der Waals surface area contributed by atoms with E-state index in [0.29, 0.717) is 0 Å². The van der Waals surface area contributed by atoms with Gasteiger partial charge < -0.3 is 5.32 Å². The number of halogens is 1. The molecule has 1 N–H and O–H groups in total. The number of rotatable bonds is 6. The average Bonchev–Trinajstić information content (AvgIpc) is 2.24. The molecule has 1 unspecified atom stereocenters. The molecule has 1 aromatic rings. The normalized spacial score (nSPS) is 12.2. The van der Waals surface area contributed by atoms with Gasteiger partial charge in [0.2, 0.25) is 11.1 Å². The fourth-order valence-electron chi connectivity index (χ4n) is 1.45. The largest absolute Gasteiger partial charge is 0.362 e. The molecule has 0 aromatic carbocycles. The van der Waals surface area contributed by atoms with Gasteiger partial charge in [-0.3, -0.25) is 10.1 Å². The van der Waals surface area contributed by atoms with E-state index in [-0.39, 0.29) is 28.5 Å². The first-order valence-electron chi connectivity index (χ1n) is 5.39. The van der Waals surface area contributed by atoms with Gasteiger partial charge in [-0.2, -0.15) is 16.7 Å². The monoisotopic (exact) mass is 290 g/mol. The number of aromatic nitrogens is 2. The van der Waals surface area contributed by atoms with Crippen LogP contribution in [-0.4, -0.2) is 32.9 Å². The van der Waals surface area contributed by atoms with Gasteiger partial charge in [0.05, 0.1) is 4.92 Å². The van der Waals surface area contributed by atoms with Crippen LogP contribution < -0.4 is 5.32 Å². The Bertz CT molecular complexity index is 444. The Balaban J connectivity index is 2.96. The topological polar surface area (TPSA) is 81.0 Å². The van der Waals surface area contributed by atoms with Crippen molar-refractivity contribution in [1.29, 1.82) is 0 Å². The molecule has 18 heavy (non-hydrogen) atoms. The second-order valence-electron chi connectivity index (χ2n) is 3.86. The molecule has 0 spiro atoms. The molecular formula is C10H15ClN4O2S. The van der Waals surface area contributed by atoms with Crippen LogP contribution in [0.3, 0.4) is 0 Å². The van der Waals surface area contributed by atoms with Gasteiger partial charge in [-0.05, 0) is 43.9 Å². The van der Waals surface area contributed by atoms with Gasteiger partial charge in [0.1, 0.15) is 5.69 Å². The van der Waals surface area contributed by atoms with E-state index in [2.05, 4.69) is 15.3 Å². The summed E-state index contributed by atoms with van der Waals surface area (Å²) in [5.41, 5.74) is 0.148. The maximum atomic E-state index is 11.0. The zero-order valence-corrected chi connectivity index (χ0v) is 12.0. The summed E-state index contributed by atoms with van der Waals surface area (Å²) in [7, 11) is 0. The van der Waals surface area contributed by atoms with E-state index in [1.165, 1.54) is 0 Å². The lowest BCUT2D eigenvalue weighted by Gasteiger charge is -2.14. The summed E-state index contributed by atoms with van der Waals surface area (Å²) >= 11 is 7.45. The Morgan fingerprint density at radius 2 is 2.22 bits per heavy atom. The van der Waals surface area contributed by atoms with Crippen molar-refractivity contribution in [3.63, 3.8) is 0 Å². The summed E-state index contributed by atoms with van der Waals surface area (Å²) in [6.07, 6.45) is 2.90. The molecule has 1 aromatic heterocycles. The average molecular weight is 291 g/mol. The van der Waals surface area contributed by atoms with Crippen molar-refractivity contribution in [2.24, 2.45) is 0 Å². The van der Waals surface area contributed by atoms with E-state index >= 15 is 0 Å². The number of aryl methyl sites for hydroxylation is 1. The van der Waals surface area contributed by atoms with E-state index in [9.17, 15) is 10.1 Å². The number of nitrogens with one attached hydrogen (secondary N) is 1. The molecule has 0 aliphatic rings. The quantitative estimate of drug-likeness (QED) is 0.493. The third-order valence-corrected chi connectivity index (χ3v) is 3.16. The van der Waals surface area contributed by atoms with E-state index in [0.717, 1.165) is 12.2 Å². The molecule has 0 aliphatic heterocycles. The highest BCUT2D eigenvalue weighted by molar-refractivity contribution is 7.98. The molecule has 0 saturated heterocycles. The van der Waals surface area contributed by atoms with Gasteiger partial charge >= 0.3 is 5.69 Å². The van der Waals surface area contributed by atoms with Crippen molar-refractivity contribution in [2.75, 3.05) is 17.3 Å². The molecule has 0 amide bonds. The van der Waals surface area contributed by atoms with Gasteiger partial charge in [-0.15, -0.1) is 0 Å². The van der Waals surface area contributed by atoms with Crippen LogP contribution in [0.25, 0.3) is 0 Å². The van der Waals surface area contributed by atoms with Crippen molar-refractivity contribution in [2.45, 2.75) is 26.3 Å². The molecule has 6 nitrogen and oxygen atoms in total. The summed E-state index contributed by atoms with van der Waals surface area (Å²) in [5.74, 6) is 1.16. The van der Waals surface area contributed by atoms with E-state index in [1.807, 2.05) is 13.2 Å². The summed E-state index contributed by atoms with van der Waals surface area (Å²) in [6.45, 7) is 3.49. The Kier molecular flexibility index (Phi) is 5.61. The standard InChI is InChI=1S/C10H15ClN4O2S/c1-6(4-5-18-3)12-9-8(15(16)17)7(2)13-10(11)14-9/h6H,4-5H2,1-3H3,(H,12,13,14). The van der Waals surface area contributed by atoms with Gasteiger partial charge in [0.25, 0.3) is 0 Å². The highest BCUT2D eigenvalue weighted by atomic mass is 35.5. The Morgan fingerprint density at radius 3 is 2.78 bits per heavy atom. The van der Waals surface area contributed by atoms with Gasteiger partial charge in [0.15, 0.2) is 0 Å². The van der Waals surface area contributed by atoms with Crippen molar-refractivity contribution in [1.82, 2.24) is 9.97 Å². The van der Waals surface area contributed by atoms with Crippen LogP contribution in [-0.2, 0) is 0 Å². The van der Waals surface area contributed by atoms with E-state index < -0.39 is 4.92 Å². The summed E-state index contributed by atoms with van der Waals surface area (Å²) in [4.78, 5) is 18.2. The fraction of sp³-hybridized carbons (Fsp3) is 0.600. The van der Waals surface area contributed by atoms with Crippen LogP contribution in [0.15, 0.2) is 0 Å². The van der Waals surface area contributed by atoms with E-state index in [1.54, 1.807) is 18.7 Å². The van der Waals surface area contributed by atoms with Crippen LogP contribution in [0.2, 0.25) is 5.28 Å². The van der Waals surface area contributed by atoms with Crippen molar-refractivity contribution in [3.8, 4) is 0 Å². The lowest BCUT2D eigenvalue weighted by atomic mass is 10.2. The maximum Gasteiger partial charge on any atom is 0.332 e.